The minimum atomic E-state index is -0.784. The van der Waals surface area contributed by atoms with Crippen LogP contribution in [0.2, 0.25) is 0 Å². The first-order valence-electron chi connectivity index (χ1n) is 8.62. The van der Waals surface area contributed by atoms with Crippen molar-refractivity contribution in [3.63, 3.8) is 0 Å². The lowest BCUT2D eigenvalue weighted by molar-refractivity contribution is -0.117. The summed E-state index contributed by atoms with van der Waals surface area (Å²) in [4.78, 5) is 25.4. The average Bonchev–Trinajstić information content (AvgIpc) is 3.12. The first-order chi connectivity index (χ1) is 13.0. The van der Waals surface area contributed by atoms with Crippen LogP contribution >= 0.6 is 0 Å². The van der Waals surface area contributed by atoms with Gasteiger partial charge >= 0.3 is 5.97 Å². The van der Waals surface area contributed by atoms with Gasteiger partial charge in [0.1, 0.15) is 5.75 Å². The van der Waals surface area contributed by atoms with E-state index in [0.29, 0.717) is 31.6 Å². The first-order valence-corrected chi connectivity index (χ1v) is 8.62. The minimum Gasteiger partial charge on any atom is -0.497 e. The van der Waals surface area contributed by atoms with Crippen LogP contribution < -0.4 is 15.0 Å². The van der Waals surface area contributed by atoms with Crippen molar-refractivity contribution in [2.24, 2.45) is 0 Å². The molecule has 2 aromatic carbocycles. The number of benzene rings is 2. The molecule has 1 heterocycles. The minimum absolute atomic E-state index is 0.0950. The monoisotopic (exact) mass is 372 g/mol. The Balaban J connectivity index is 1.89. The Bertz CT molecular complexity index is 852. The second-order valence-corrected chi connectivity index (χ2v) is 6.20. The predicted molar refractivity (Wildman–Crippen MR) is 99.6 cm³/mol. The largest absolute Gasteiger partial charge is 0.497 e. The quantitative estimate of drug-likeness (QED) is 0.788. The number of nitrogens with one attached hydrogen (secondary N) is 1. The van der Waals surface area contributed by atoms with E-state index in [2.05, 4.69) is 10.1 Å². The van der Waals surface area contributed by atoms with Crippen molar-refractivity contribution in [2.75, 3.05) is 31.0 Å². The molecular formula is C20H21FN2O4. The molecule has 2 aromatic rings. The van der Waals surface area contributed by atoms with Crippen LogP contribution in [-0.4, -0.2) is 32.6 Å². The lowest BCUT2D eigenvalue weighted by Crippen LogP contribution is -2.26. The normalized spacial score (nSPS) is 13.6. The highest BCUT2D eigenvalue weighted by Crippen LogP contribution is 2.31. The summed E-state index contributed by atoms with van der Waals surface area (Å²) in [5, 5.41) is 3.17. The van der Waals surface area contributed by atoms with Gasteiger partial charge in [-0.05, 0) is 36.2 Å². The van der Waals surface area contributed by atoms with E-state index in [4.69, 9.17) is 4.74 Å². The van der Waals surface area contributed by atoms with Gasteiger partial charge in [-0.1, -0.05) is 12.1 Å². The van der Waals surface area contributed by atoms with Gasteiger partial charge in [-0.3, -0.25) is 4.79 Å². The van der Waals surface area contributed by atoms with E-state index in [0.717, 1.165) is 11.3 Å². The van der Waals surface area contributed by atoms with E-state index >= 15 is 0 Å². The fraction of sp³-hybridized carbons (Fsp3) is 0.300. The summed E-state index contributed by atoms with van der Waals surface area (Å²) in [6, 6.07) is 10.4. The Morgan fingerprint density at radius 3 is 2.56 bits per heavy atom. The molecule has 3 rings (SSSR count). The van der Waals surface area contributed by atoms with E-state index in [1.807, 2.05) is 24.3 Å². The third-order valence-corrected chi connectivity index (χ3v) is 4.48. The number of methoxy groups -OCH3 is 2. The molecule has 0 unspecified atom stereocenters. The highest BCUT2D eigenvalue weighted by molar-refractivity contribution is 5.99. The SMILES string of the molecule is COC(=O)c1cc(NCc2ccc(OC)cc2)cc(N2CCCC2=O)c1F. The van der Waals surface area contributed by atoms with Crippen LogP contribution in [0.1, 0.15) is 28.8 Å². The van der Waals surface area contributed by atoms with Crippen LogP contribution in [0.15, 0.2) is 36.4 Å². The zero-order chi connectivity index (χ0) is 19.4. The van der Waals surface area contributed by atoms with Gasteiger partial charge in [0.15, 0.2) is 5.82 Å². The van der Waals surface area contributed by atoms with Crippen LogP contribution in [0.5, 0.6) is 5.75 Å². The Hall–Kier alpha value is -3.09. The molecule has 0 radical (unpaired) electrons. The summed E-state index contributed by atoms with van der Waals surface area (Å²) in [6.07, 6.45) is 1.03. The van der Waals surface area contributed by atoms with Crippen molar-refractivity contribution < 1.29 is 23.5 Å². The summed E-state index contributed by atoms with van der Waals surface area (Å²) in [6.45, 7) is 0.891. The molecular weight excluding hydrogens is 351 g/mol. The van der Waals surface area contributed by atoms with E-state index in [1.54, 1.807) is 13.2 Å². The van der Waals surface area contributed by atoms with Gasteiger partial charge in [0.25, 0.3) is 0 Å². The van der Waals surface area contributed by atoms with Crippen molar-refractivity contribution in [3.8, 4) is 5.75 Å². The molecule has 1 amide bonds. The zero-order valence-corrected chi connectivity index (χ0v) is 15.3. The summed E-state index contributed by atoms with van der Waals surface area (Å²) in [7, 11) is 2.79. The molecule has 0 aromatic heterocycles. The van der Waals surface area contributed by atoms with Gasteiger partial charge in [-0.15, -0.1) is 0 Å². The number of hydrogen-bond donors (Lipinski definition) is 1. The number of ether oxygens (including phenoxy) is 2. The standard InChI is InChI=1S/C20H21FN2O4/c1-26-15-7-5-13(6-8-15)12-22-14-10-16(20(25)27-2)19(21)17(11-14)23-9-3-4-18(23)24/h5-8,10-11,22H,3-4,9,12H2,1-2H3. The third-order valence-electron chi connectivity index (χ3n) is 4.48. The lowest BCUT2D eigenvalue weighted by atomic mass is 10.1. The van der Waals surface area contributed by atoms with Crippen LogP contribution in [-0.2, 0) is 16.1 Å². The molecule has 0 spiro atoms. The van der Waals surface area contributed by atoms with E-state index < -0.39 is 11.8 Å². The number of carbonyl (C=O) groups excluding carboxylic acids is 2. The topological polar surface area (TPSA) is 67.9 Å². The second kappa shape index (κ2) is 8.07. The maximum absolute atomic E-state index is 14.8. The number of esters is 1. The number of anilines is 2. The molecule has 0 aliphatic carbocycles. The van der Waals surface area contributed by atoms with Gasteiger partial charge in [0.2, 0.25) is 5.91 Å². The molecule has 0 saturated carbocycles. The number of rotatable bonds is 6. The fourth-order valence-corrected chi connectivity index (χ4v) is 3.02. The van der Waals surface area contributed by atoms with Crippen LogP contribution in [0.3, 0.4) is 0 Å². The Kier molecular flexibility index (Phi) is 5.59. The van der Waals surface area contributed by atoms with E-state index in [-0.39, 0.29) is 17.2 Å². The highest BCUT2D eigenvalue weighted by atomic mass is 19.1. The second-order valence-electron chi connectivity index (χ2n) is 6.20. The zero-order valence-electron chi connectivity index (χ0n) is 15.3. The number of nitrogens with zero attached hydrogens (tertiary/aromatic N) is 1. The number of amides is 1. The van der Waals surface area contributed by atoms with Gasteiger partial charge < -0.3 is 19.7 Å². The molecule has 1 aliphatic rings. The highest BCUT2D eigenvalue weighted by Gasteiger charge is 2.28. The predicted octanol–water partition coefficient (Wildman–Crippen LogP) is 3.36. The number of hydrogen-bond acceptors (Lipinski definition) is 5. The average molecular weight is 372 g/mol. The molecule has 1 N–H and O–H groups in total. The lowest BCUT2D eigenvalue weighted by Gasteiger charge is -2.20. The molecule has 1 aliphatic heterocycles. The van der Waals surface area contributed by atoms with Crippen molar-refractivity contribution in [1.82, 2.24) is 0 Å². The first kappa shape index (κ1) is 18.7. The van der Waals surface area contributed by atoms with Gasteiger partial charge in [-0.2, -0.15) is 0 Å². The molecule has 1 fully saturated rings. The molecule has 142 valence electrons. The van der Waals surface area contributed by atoms with Crippen LogP contribution in [0, 0.1) is 5.82 Å². The number of carbonyl (C=O) groups is 2. The van der Waals surface area contributed by atoms with Gasteiger partial charge in [-0.25, -0.2) is 9.18 Å². The molecule has 0 atom stereocenters. The van der Waals surface area contributed by atoms with Crippen molar-refractivity contribution in [3.05, 3.63) is 53.3 Å². The fourth-order valence-electron chi connectivity index (χ4n) is 3.02. The molecule has 6 nitrogen and oxygen atoms in total. The molecule has 27 heavy (non-hydrogen) atoms. The summed E-state index contributed by atoms with van der Waals surface area (Å²) >= 11 is 0. The van der Waals surface area contributed by atoms with Crippen LogP contribution in [0.25, 0.3) is 0 Å². The van der Waals surface area contributed by atoms with E-state index in [1.165, 1.54) is 18.1 Å². The van der Waals surface area contributed by atoms with Crippen molar-refractivity contribution in [2.45, 2.75) is 19.4 Å². The smallest absolute Gasteiger partial charge is 0.341 e. The summed E-state index contributed by atoms with van der Waals surface area (Å²) in [5.74, 6) is -0.930. The third kappa shape index (κ3) is 4.02. The molecule has 1 saturated heterocycles. The van der Waals surface area contributed by atoms with E-state index in [9.17, 15) is 14.0 Å². The Morgan fingerprint density at radius 1 is 1.22 bits per heavy atom. The Labute approximate surface area is 156 Å². The van der Waals surface area contributed by atoms with Crippen LogP contribution in [0.4, 0.5) is 15.8 Å². The number of halogens is 1. The Morgan fingerprint density at radius 2 is 1.96 bits per heavy atom. The summed E-state index contributed by atoms with van der Waals surface area (Å²) < 4.78 is 24.6. The van der Waals surface area contributed by atoms with Crippen molar-refractivity contribution >= 4 is 23.3 Å². The maximum atomic E-state index is 14.8. The molecule has 7 heteroatoms. The maximum Gasteiger partial charge on any atom is 0.341 e. The van der Waals surface area contributed by atoms with Crippen molar-refractivity contribution in [1.29, 1.82) is 0 Å². The van der Waals surface area contributed by atoms with Gasteiger partial charge in [0, 0.05) is 25.2 Å². The van der Waals surface area contributed by atoms with Gasteiger partial charge in [0.05, 0.1) is 25.5 Å². The summed E-state index contributed by atoms with van der Waals surface area (Å²) in [5.41, 5.74) is 1.41. The molecule has 0 bridgehead atoms.